The second-order valence-electron chi connectivity index (χ2n) is 4.96. The molecule has 0 saturated heterocycles. The van der Waals surface area contributed by atoms with Crippen LogP contribution in [-0.2, 0) is 22.1 Å². The van der Waals surface area contributed by atoms with Gasteiger partial charge in [0.05, 0.1) is 22.4 Å². The van der Waals surface area contributed by atoms with Crippen molar-refractivity contribution in [1.29, 1.82) is 0 Å². The second kappa shape index (κ2) is 6.70. The first-order chi connectivity index (χ1) is 11.4. The van der Waals surface area contributed by atoms with Crippen LogP contribution < -0.4 is 4.72 Å². The molecule has 0 radical (unpaired) electrons. The standard InChI is InChI=1S/C15H12F3N3O2S/c16-15(17,18)23-11-7-10-3-1-6-20-14(10)13(8-11)21-24(22)12-4-2-5-19-9-12/h1-6,8-9,11,21H,7H2. The maximum atomic E-state index is 12.5. The van der Waals surface area contributed by atoms with Crippen molar-refractivity contribution in [2.24, 2.45) is 0 Å². The molecule has 0 aromatic carbocycles. The molecule has 1 N–H and O–H groups in total. The van der Waals surface area contributed by atoms with E-state index in [-0.39, 0.29) is 12.1 Å². The molecule has 2 heterocycles. The van der Waals surface area contributed by atoms with Crippen molar-refractivity contribution < 1.29 is 22.1 Å². The molecule has 126 valence electrons. The molecular weight excluding hydrogens is 343 g/mol. The summed E-state index contributed by atoms with van der Waals surface area (Å²) in [5.74, 6) is 0. The monoisotopic (exact) mass is 355 g/mol. The second-order valence-corrected chi connectivity index (χ2v) is 6.17. The Hall–Kier alpha value is -2.26. The van der Waals surface area contributed by atoms with E-state index in [1.807, 2.05) is 0 Å². The highest BCUT2D eigenvalue weighted by Crippen LogP contribution is 2.29. The zero-order valence-electron chi connectivity index (χ0n) is 12.2. The highest BCUT2D eigenvalue weighted by atomic mass is 32.2. The largest absolute Gasteiger partial charge is 0.523 e. The van der Waals surface area contributed by atoms with Gasteiger partial charge in [-0.05, 0) is 29.8 Å². The van der Waals surface area contributed by atoms with Gasteiger partial charge in [0.2, 0.25) is 0 Å². The maximum absolute atomic E-state index is 12.5. The van der Waals surface area contributed by atoms with Gasteiger partial charge < -0.3 is 0 Å². The molecular formula is C15H12F3N3O2S. The summed E-state index contributed by atoms with van der Waals surface area (Å²) in [6.07, 6.45) is -0.221. The molecule has 3 rings (SSSR count). The molecule has 1 aliphatic rings. The summed E-state index contributed by atoms with van der Waals surface area (Å²) in [5.41, 5.74) is 1.27. The van der Waals surface area contributed by atoms with E-state index >= 15 is 0 Å². The van der Waals surface area contributed by atoms with Gasteiger partial charge in [-0.1, -0.05) is 6.07 Å². The first kappa shape index (κ1) is 16.6. The van der Waals surface area contributed by atoms with E-state index in [0.29, 0.717) is 16.2 Å². The van der Waals surface area contributed by atoms with Crippen LogP contribution in [-0.4, -0.2) is 26.6 Å². The number of hydrogen-bond donors (Lipinski definition) is 1. The third kappa shape index (κ3) is 3.98. The van der Waals surface area contributed by atoms with Crippen molar-refractivity contribution in [3.05, 3.63) is 60.2 Å². The molecule has 2 aromatic rings. The fourth-order valence-corrected chi connectivity index (χ4v) is 3.17. The average molecular weight is 355 g/mol. The Balaban J connectivity index is 1.88. The van der Waals surface area contributed by atoms with Crippen molar-refractivity contribution in [1.82, 2.24) is 14.7 Å². The Morgan fingerprint density at radius 3 is 2.75 bits per heavy atom. The molecule has 2 atom stereocenters. The average Bonchev–Trinajstić information content (AvgIpc) is 2.54. The van der Waals surface area contributed by atoms with Crippen molar-refractivity contribution in [3.63, 3.8) is 0 Å². The lowest BCUT2D eigenvalue weighted by molar-refractivity contribution is -0.336. The van der Waals surface area contributed by atoms with E-state index in [9.17, 15) is 17.4 Å². The smallest absolute Gasteiger partial charge is 0.299 e. The van der Waals surface area contributed by atoms with E-state index in [4.69, 9.17) is 0 Å². The van der Waals surface area contributed by atoms with Crippen LogP contribution in [0.2, 0.25) is 0 Å². The first-order valence-corrected chi connectivity index (χ1v) is 8.06. The maximum Gasteiger partial charge on any atom is 0.523 e. The molecule has 0 spiro atoms. The number of fused-ring (bicyclic) bond motifs is 1. The molecule has 0 aliphatic heterocycles. The van der Waals surface area contributed by atoms with Crippen LogP contribution >= 0.6 is 0 Å². The summed E-state index contributed by atoms with van der Waals surface area (Å²) in [5, 5.41) is 0. The highest BCUT2D eigenvalue weighted by Gasteiger charge is 2.35. The van der Waals surface area contributed by atoms with Crippen LogP contribution in [0.25, 0.3) is 5.70 Å². The summed E-state index contributed by atoms with van der Waals surface area (Å²) in [4.78, 5) is 8.42. The van der Waals surface area contributed by atoms with Crippen LogP contribution in [0.15, 0.2) is 53.8 Å². The van der Waals surface area contributed by atoms with E-state index in [0.717, 1.165) is 0 Å². The molecule has 24 heavy (non-hydrogen) atoms. The lowest BCUT2D eigenvalue weighted by Crippen LogP contribution is -2.30. The number of halogens is 3. The number of nitrogens with zero attached hydrogens (tertiary/aromatic N) is 2. The first-order valence-electron chi connectivity index (χ1n) is 6.91. The van der Waals surface area contributed by atoms with Crippen LogP contribution in [0.1, 0.15) is 11.3 Å². The number of pyridine rings is 2. The van der Waals surface area contributed by atoms with Crippen molar-refractivity contribution in [2.45, 2.75) is 23.8 Å². The normalized spacial score (nSPS) is 18.5. The van der Waals surface area contributed by atoms with E-state index < -0.39 is 23.5 Å². The Bertz CT molecular complexity index is 781. The molecule has 2 unspecified atom stereocenters. The molecule has 5 nitrogen and oxygen atoms in total. The Kier molecular flexibility index (Phi) is 4.63. The summed E-state index contributed by atoms with van der Waals surface area (Å²) in [6, 6.07) is 6.51. The molecule has 0 amide bonds. The number of nitrogens with one attached hydrogen (secondary N) is 1. The van der Waals surface area contributed by atoms with Gasteiger partial charge in [-0.2, -0.15) is 0 Å². The topological polar surface area (TPSA) is 64.1 Å². The van der Waals surface area contributed by atoms with Crippen LogP contribution in [0.5, 0.6) is 0 Å². The lowest BCUT2D eigenvalue weighted by atomic mass is 9.98. The van der Waals surface area contributed by atoms with Gasteiger partial charge in [-0.15, -0.1) is 13.2 Å². The summed E-state index contributed by atoms with van der Waals surface area (Å²) < 4.78 is 56.7. The molecule has 1 aliphatic carbocycles. The zero-order valence-corrected chi connectivity index (χ0v) is 13.0. The fraction of sp³-hybridized carbons (Fsp3) is 0.200. The number of aromatic nitrogens is 2. The molecule has 2 aromatic heterocycles. The molecule has 9 heteroatoms. The highest BCUT2D eigenvalue weighted by molar-refractivity contribution is 7.83. The Morgan fingerprint density at radius 2 is 2.04 bits per heavy atom. The fourth-order valence-electron chi connectivity index (χ4n) is 2.33. The van der Waals surface area contributed by atoms with Gasteiger partial charge in [0.1, 0.15) is 0 Å². The number of hydrogen-bond acceptors (Lipinski definition) is 4. The quantitative estimate of drug-likeness (QED) is 0.916. The minimum absolute atomic E-state index is 0.0351. The van der Waals surface area contributed by atoms with Crippen molar-refractivity contribution in [3.8, 4) is 0 Å². The SMILES string of the molecule is O=S(NC1=CC(OC(F)(F)F)Cc2cccnc21)c1cccnc1. The minimum atomic E-state index is -4.76. The predicted octanol–water partition coefficient (Wildman–Crippen LogP) is 2.59. The molecule has 0 bridgehead atoms. The van der Waals surface area contributed by atoms with Crippen molar-refractivity contribution >= 4 is 16.7 Å². The van der Waals surface area contributed by atoms with Gasteiger partial charge in [0.25, 0.3) is 0 Å². The Morgan fingerprint density at radius 1 is 1.25 bits per heavy atom. The van der Waals surface area contributed by atoms with Gasteiger partial charge in [-0.3, -0.25) is 19.4 Å². The predicted molar refractivity (Wildman–Crippen MR) is 80.6 cm³/mol. The van der Waals surface area contributed by atoms with E-state index in [1.54, 1.807) is 24.3 Å². The van der Waals surface area contributed by atoms with Gasteiger partial charge in [-0.25, -0.2) is 4.21 Å². The number of alkyl halides is 3. The lowest BCUT2D eigenvalue weighted by Gasteiger charge is -2.24. The van der Waals surface area contributed by atoms with Crippen LogP contribution in [0, 0.1) is 0 Å². The minimum Gasteiger partial charge on any atom is -0.299 e. The zero-order chi connectivity index (χ0) is 17.2. The van der Waals surface area contributed by atoms with E-state index in [2.05, 4.69) is 19.4 Å². The van der Waals surface area contributed by atoms with Gasteiger partial charge in [0, 0.05) is 25.0 Å². The summed E-state index contributed by atoms with van der Waals surface area (Å²) in [7, 11) is -1.68. The van der Waals surface area contributed by atoms with E-state index in [1.165, 1.54) is 24.7 Å². The third-order valence-electron chi connectivity index (χ3n) is 3.26. The number of rotatable bonds is 4. The van der Waals surface area contributed by atoms with Gasteiger partial charge in [0.15, 0.2) is 11.0 Å². The summed E-state index contributed by atoms with van der Waals surface area (Å²) >= 11 is 0. The van der Waals surface area contributed by atoms with Crippen LogP contribution in [0.3, 0.4) is 0 Å². The number of ether oxygens (including phenoxy) is 1. The third-order valence-corrected chi connectivity index (χ3v) is 4.33. The van der Waals surface area contributed by atoms with Crippen LogP contribution in [0.4, 0.5) is 13.2 Å². The van der Waals surface area contributed by atoms with Crippen molar-refractivity contribution in [2.75, 3.05) is 0 Å². The molecule has 0 fully saturated rings. The molecule has 0 saturated carbocycles. The summed E-state index contributed by atoms with van der Waals surface area (Å²) in [6.45, 7) is 0. The van der Waals surface area contributed by atoms with Gasteiger partial charge >= 0.3 is 6.36 Å². The Labute approximate surface area is 138 Å².